The van der Waals surface area contributed by atoms with E-state index in [0.717, 1.165) is 28.2 Å². The molecule has 1 aromatic heterocycles. The highest BCUT2D eigenvalue weighted by Gasteiger charge is 2.12. The number of carboxylic acid groups (broad SMARTS) is 1. The second kappa shape index (κ2) is 4.70. The van der Waals surface area contributed by atoms with E-state index in [9.17, 15) is 9.18 Å². The van der Waals surface area contributed by atoms with Gasteiger partial charge in [0, 0.05) is 0 Å². The SMILES string of the molecule is Cc1cc2ncn(-c3ccc(C(=O)O)cc3F)c2cc1C. The Bertz CT molecular complexity index is 868. The Morgan fingerprint density at radius 3 is 2.57 bits per heavy atom. The van der Waals surface area contributed by atoms with Crippen LogP contribution in [0.2, 0.25) is 0 Å². The summed E-state index contributed by atoms with van der Waals surface area (Å²) < 4.78 is 15.8. The number of hydrogen-bond acceptors (Lipinski definition) is 2. The summed E-state index contributed by atoms with van der Waals surface area (Å²) in [4.78, 5) is 15.1. The summed E-state index contributed by atoms with van der Waals surface area (Å²) in [7, 11) is 0. The Hall–Kier alpha value is -2.69. The molecule has 1 N–H and O–H groups in total. The number of aromatic nitrogens is 2. The van der Waals surface area contributed by atoms with E-state index < -0.39 is 11.8 Å². The van der Waals surface area contributed by atoms with Gasteiger partial charge in [-0.2, -0.15) is 0 Å². The van der Waals surface area contributed by atoms with E-state index in [1.54, 1.807) is 10.9 Å². The van der Waals surface area contributed by atoms with E-state index in [2.05, 4.69) is 4.98 Å². The molecule has 0 amide bonds. The van der Waals surface area contributed by atoms with Crippen molar-refractivity contribution in [1.29, 1.82) is 0 Å². The number of aromatic carboxylic acids is 1. The predicted octanol–water partition coefficient (Wildman–Crippen LogP) is 3.48. The van der Waals surface area contributed by atoms with Crippen LogP contribution >= 0.6 is 0 Å². The van der Waals surface area contributed by atoms with Gasteiger partial charge in [-0.25, -0.2) is 14.2 Å². The van der Waals surface area contributed by atoms with Crippen LogP contribution in [0.1, 0.15) is 21.5 Å². The van der Waals surface area contributed by atoms with Crippen molar-refractivity contribution in [3.05, 3.63) is 59.2 Å². The molecule has 21 heavy (non-hydrogen) atoms. The van der Waals surface area contributed by atoms with Crippen LogP contribution in [0.3, 0.4) is 0 Å². The second-order valence-electron chi connectivity index (χ2n) is 5.01. The maximum atomic E-state index is 14.2. The van der Waals surface area contributed by atoms with Crippen LogP contribution in [-0.2, 0) is 0 Å². The van der Waals surface area contributed by atoms with Crippen LogP contribution in [0, 0.1) is 19.7 Å². The summed E-state index contributed by atoms with van der Waals surface area (Å²) in [5, 5.41) is 8.88. The van der Waals surface area contributed by atoms with Gasteiger partial charge in [0.25, 0.3) is 0 Å². The predicted molar refractivity (Wildman–Crippen MR) is 77.5 cm³/mol. The Labute approximate surface area is 120 Å². The number of rotatable bonds is 2. The van der Waals surface area contributed by atoms with E-state index in [0.29, 0.717) is 0 Å². The number of imidazole rings is 1. The smallest absolute Gasteiger partial charge is 0.335 e. The van der Waals surface area contributed by atoms with E-state index in [-0.39, 0.29) is 11.3 Å². The standard InChI is InChI=1S/C16H13FN2O2/c1-9-5-13-15(6-10(9)2)19(8-18-13)14-4-3-11(16(20)21)7-12(14)17/h3-8H,1-2H3,(H,20,21). The Morgan fingerprint density at radius 2 is 1.90 bits per heavy atom. The number of carbonyl (C=O) groups is 1. The van der Waals surface area contributed by atoms with E-state index in [4.69, 9.17) is 5.11 Å². The molecule has 0 bridgehead atoms. The molecule has 0 unspecified atom stereocenters. The highest BCUT2D eigenvalue weighted by molar-refractivity contribution is 5.88. The fourth-order valence-electron chi connectivity index (χ4n) is 2.29. The summed E-state index contributed by atoms with van der Waals surface area (Å²) in [5.41, 5.74) is 3.99. The fourth-order valence-corrected chi connectivity index (χ4v) is 2.29. The third-order valence-electron chi connectivity index (χ3n) is 3.62. The summed E-state index contributed by atoms with van der Waals surface area (Å²) >= 11 is 0. The third-order valence-corrected chi connectivity index (χ3v) is 3.62. The number of hydrogen-bond donors (Lipinski definition) is 1. The van der Waals surface area contributed by atoms with Gasteiger partial charge in [-0.15, -0.1) is 0 Å². The van der Waals surface area contributed by atoms with Gasteiger partial charge < -0.3 is 5.11 Å². The first-order valence-electron chi connectivity index (χ1n) is 6.45. The first-order valence-corrected chi connectivity index (χ1v) is 6.45. The van der Waals surface area contributed by atoms with Crippen molar-refractivity contribution in [1.82, 2.24) is 9.55 Å². The molecule has 3 aromatic rings. The minimum Gasteiger partial charge on any atom is -0.478 e. The van der Waals surface area contributed by atoms with Crippen molar-refractivity contribution in [3.63, 3.8) is 0 Å². The van der Waals surface area contributed by atoms with Crippen LogP contribution in [0.25, 0.3) is 16.7 Å². The van der Waals surface area contributed by atoms with Crippen LogP contribution in [0.4, 0.5) is 4.39 Å². The van der Waals surface area contributed by atoms with Crippen molar-refractivity contribution in [2.24, 2.45) is 0 Å². The summed E-state index contributed by atoms with van der Waals surface area (Å²) in [6, 6.07) is 7.75. The molecule has 0 radical (unpaired) electrons. The first-order chi connectivity index (χ1) is 9.97. The largest absolute Gasteiger partial charge is 0.478 e. The van der Waals surface area contributed by atoms with Crippen molar-refractivity contribution >= 4 is 17.0 Å². The van der Waals surface area contributed by atoms with Crippen LogP contribution < -0.4 is 0 Å². The Balaban J connectivity index is 2.21. The number of carboxylic acids is 1. The van der Waals surface area contributed by atoms with E-state index >= 15 is 0 Å². The van der Waals surface area contributed by atoms with Gasteiger partial charge in [-0.1, -0.05) is 0 Å². The second-order valence-corrected chi connectivity index (χ2v) is 5.01. The Morgan fingerprint density at radius 1 is 1.19 bits per heavy atom. The zero-order valence-electron chi connectivity index (χ0n) is 11.6. The van der Waals surface area contributed by atoms with Crippen molar-refractivity contribution in [2.45, 2.75) is 13.8 Å². The monoisotopic (exact) mass is 284 g/mol. The van der Waals surface area contributed by atoms with Gasteiger partial charge >= 0.3 is 5.97 Å². The molecule has 0 aliphatic heterocycles. The molecule has 3 rings (SSSR count). The number of nitrogens with zero attached hydrogens (tertiary/aromatic N) is 2. The summed E-state index contributed by atoms with van der Waals surface area (Å²) in [6.45, 7) is 3.98. The molecule has 0 aliphatic rings. The average Bonchev–Trinajstić information content (AvgIpc) is 2.82. The third kappa shape index (κ3) is 2.16. The maximum Gasteiger partial charge on any atom is 0.335 e. The minimum atomic E-state index is -1.15. The number of aryl methyl sites for hydroxylation is 2. The lowest BCUT2D eigenvalue weighted by atomic mass is 10.1. The molecule has 0 spiro atoms. The molecule has 4 nitrogen and oxygen atoms in total. The summed E-state index contributed by atoms with van der Waals surface area (Å²) in [5.74, 6) is -1.74. The molecule has 2 aromatic carbocycles. The quantitative estimate of drug-likeness (QED) is 0.783. The zero-order chi connectivity index (χ0) is 15.1. The molecule has 0 saturated carbocycles. The molecular weight excluding hydrogens is 271 g/mol. The average molecular weight is 284 g/mol. The van der Waals surface area contributed by atoms with Crippen LogP contribution in [-0.4, -0.2) is 20.6 Å². The van der Waals surface area contributed by atoms with Gasteiger partial charge in [-0.3, -0.25) is 4.57 Å². The lowest BCUT2D eigenvalue weighted by Gasteiger charge is -2.08. The Kier molecular flexibility index (Phi) is 2.97. The lowest BCUT2D eigenvalue weighted by molar-refractivity contribution is 0.0696. The van der Waals surface area contributed by atoms with E-state index in [1.165, 1.54) is 12.1 Å². The van der Waals surface area contributed by atoms with Crippen molar-refractivity contribution < 1.29 is 14.3 Å². The molecule has 0 fully saturated rings. The molecule has 5 heteroatoms. The lowest BCUT2D eigenvalue weighted by Crippen LogP contribution is -2.01. The molecule has 0 saturated heterocycles. The van der Waals surface area contributed by atoms with Gasteiger partial charge in [0.15, 0.2) is 0 Å². The van der Waals surface area contributed by atoms with Crippen LogP contribution in [0.5, 0.6) is 0 Å². The van der Waals surface area contributed by atoms with Crippen molar-refractivity contribution in [3.8, 4) is 5.69 Å². The molecule has 1 heterocycles. The van der Waals surface area contributed by atoms with Gasteiger partial charge in [0.2, 0.25) is 0 Å². The highest BCUT2D eigenvalue weighted by Crippen LogP contribution is 2.23. The number of halogens is 1. The maximum absolute atomic E-state index is 14.2. The first kappa shape index (κ1) is 13.3. The molecular formula is C16H13FN2O2. The fraction of sp³-hybridized carbons (Fsp3) is 0.125. The van der Waals surface area contributed by atoms with Crippen molar-refractivity contribution in [2.75, 3.05) is 0 Å². The topological polar surface area (TPSA) is 55.1 Å². The number of benzene rings is 2. The molecule has 0 atom stereocenters. The van der Waals surface area contributed by atoms with Gasteiger partial charge in [-0.05, 0) is 55.3 Å². The van der Waals surface area contributed by atoms with Crippen LogP contribution in [0.15, 0.2) is 36.7 Å². The van der Waals surface area contributed by atoms with E-state index in [1.807, 2.05) is 26.0 Å². The highest BCUT2D eigenvalue weighted by atomic mass is 19.1. The van der Waals surface area contributed by atoms with Gasteiger partial charge in [0.1, 0.15) is 12.1 Å². The summed E-state index contributed by atoms with van der Waals surface area (Å²) in [6.07, 6.45) is 1.54. The molecule has 106 valence electrons. The number of fused-ring (bicyclic) bond motifs is 1. The normalized spacial score (nSPS) is 11.0. The van der Waals surface area contributed by atoms with Gasteiger partial charge in [0.05, 0.1) is 22.3 Å². The minimum absolute atomic E-state index is 0.0762. The molecule has 0 aliphatic carbocycles. The zero-order valence-corrected chi connectivity index (χ0v) is 11.6.